The molecule has 1 aliphatic rings. The van der Waals surface area contributed by atoms with E-state index in [1.807, 2.05) is 29.2 Å². The van der Waals surface area contributed by atoms with E-state index in [9.17, 15) is 4.79 Å². The second-order valence-corrected chi connectivity index (χ2v) is 6.74. The molecule has 0 saturated carbocycles. The van der Waals surface area contributed by atoms with Gasteiger partial charge in [-0.1, -0.05) is 33.6 Å². The Morgan fingerprint density at radius 3 is 2.36 bits per heavy atom. The molecule has 0 spiro atoms. The summed E-state index contributed by atoms with van der Waals surface area (Å²) in [5, 5.41) is 0. The average molecular weight is 303 g/mol. The van der Waals surface area contributed by atoms with E-state index < -0.39 is 0 Å². The van der Waals surface area contributed by atoms with E-state index in [2.05, 4.69) is 20.8 Å². The number of rotatable bonds is 6. The molecule has 1 aromatic rings. The van der Waals surface area contributed by atoms with Gasteiger partial charge in [0.25, 0.3) is 5.91 Å². The molecule has 2 atom stereocenters. The van der Waals surface area contributed by atoms with Crippen molar-refractivity contribution in [2.75, 3.05) is 19.7 Å². The Labute approximate surface area is 134 Å². The number of carbonyl (C=O) groups excluding carboxylic acids is 1. The summed E-state index contributed by atoms with van der Waals surface area (Å²) >= 11 is 0. The van der Waals surface area contributed by atoms with Crippen molar-refractivity contribution < 1.29 is 9.53 Å². The Balaban J connectivity index is 1.90. The van der Waals surface area contributed by atoms with Crippen molar-refractivity contribution in [3.63, 3.8) is 0 Å². The van der Waals surface area contributed by atoms with E-state index in [1.165, 1.54) is 19.3 Å². The van der Waals surface area contributed by atoms with Crippen LogP contribution in [0.15, 0.2) is 24.3 Å². The predicted octanol–water partition coefficient (Wildman–Crippen LogP) is 4.37. The summed E-state index contributed by atoms with van der Waals surface area (Å²) < 4.78 is 5.70. The van der Waals surface area contributed by atoms with E-state index >= 15 is 0 Å². The Morgan fingerprint density at radius 1 is 1.14 bits per heavy atom. The maximum atomic E-state index is 12.6. The molecule has 1 heterocycles. The van der Waals surface area contributed by atoms with Crippen LogP contribution in [0.5, 0.6) is 5.75 Å². The summed E-state index contributed by atoms with van der Waals surface area (Å²) in [7, 11) is 0. The van der Waals surface area contributed by atoms with E-state index in [4.69, 9.17) is 4.74 Å². The monoisotopic (exact) mass is 303 g/mol. The largest absolute Gasteiger partial charge is 0.494 e. The fourth-order valence-corrected chi connectivity index (χ4v) is 3.25. The molecule has 122 valence electrons. The SMILES string of the molecule is CCCCCOc1ccc(C(=O)N2CC(C)CC(C)C2)cc1. The molecule has 1 aromatic carbocycles. The number of amides is 1. The van der Waals surface area contributed by atoms with Crippen molar-refractivity contribution in [1.82, 2.24) is 4.90 Å². The summed E-state index contributed by atoms with van der Waals surface area (Å²) in [5.74, 6) is 2.19. The number of likely N-dealkylation sites (tertiary alicyclic amines) is 1. The summed E-state index contributed by atoms with van der Waals surface area (Å²) in [6.07, 6.45) is 4.69. The van der Waals surface area contributed by atoms with Crippen LogP contribution in [0.2, 0.25) is 0 Å². The number of carbonyl (C=O) groups is 1. The van der Waals surface area contributed by atoms with Crippen molar-refractivity contribution in [2.24, 2.45) is 11.8 Å². The van der Waals surface area contributed by atoms with Crippen LogP contribution in [0.3, 0.4) is 0 Å². The van der Waals surface area contributed by atoms with Gasteiger partial charge in [0.05, 0.1) is 6.61 Å². The number of unbranched alkanes of at least 4 members (excludes halogenated alkanes) is 2. The lowest BCUT2D eigenvalue weighted by Gasteiger charge is -2.35. The minimum Gasteiger partial charge on any atom is -0.494 e. The van der Waals surface area contributed by atoms with Crippen LogP contribution in [0.25, 0.3) is 0 Å². The first-order valence-electron chi connectivity index (χ1n) is 8.62. The van der Waals surface area contributed by atoms with Crippen LogP contribution in [-0.2, 0) is 0 Å². The van der Waals surface area contributed by atoms with E-state index in [0.29, 0.717) is 11.8 Å². The molecule has 1 saturated heterocycles. The molecule has 22 heavy (non-hydrogen) atoms. The molecule has 2 rings (SSSR count). The molecular formula is C19H29NO2. The van der Waals surface area contributed by atoms with Gasteiger partial charge in [0.15, 0.2) is 0 Å². The second-order valence-electron chi connectivity index (χ2n) is 6.74. The van der Waals surface area contributed by atoms with Crippen LogP contribution >= 0.6 is 0 Å². The smallest absolute Gasteiger partial charge is 0.253 e. The minimum absolute atomic E-state index is 0.149. The normalized spacial score (nSPS) is 21.7. The lowest BCUT2D eigenvalue weighted by atomic mass is 9.91. The molecule has 0 aromatic heterocycles. The number of benzene rings is 1. The summed E-state index contributed by atoms with van der Waals surface area (Å²) in [6.45, 7) is 9.13. The van der Waals surface area contributed by atoms with Crippen molar-refractivity contribution in [3.8, 4) is 5.75 Å². The van der Waals surface area contributed by atoms with Crippen LogP contribution < -0.4 is 4.74 Å². The third kappa shape index (κ3) is 4.75. The van der Waals surface area contributed by atoms with Crippen molar-refractivity contribution in [3.05, 3.63) is 29.8 Å². The van der Waals surface area contributed by atoms with Gasteiger partial charge < -0.3 is 9.64 Å². The fraction of sp³-hybridized carbons (Fsp3) is 0.632. The molecular weight excluding hydrogens is 274 g/mol. The van der Waals surface area contributed by atoms with Crippen LogP contribution in [-0.4, -0.2) is 30.5 Å². The van der Waals surface area contributed by atoms with Gasteiger partial charge in [-0.25, -0.2) is 0 Å². The zero-order valence-electron chi connectivity index (χ0n) is 14.2. The zero-order chi connectivity index (χ0) is 15.9. The molecule has 0 bridgehead atoms. The Hall–Kier alpha value is -1.51. The van der Waals surface area contributed by atoms with E-state index in [-0.39, 0.29) is 5.91 Å². The average Bonchev–Trinajstić information content (AvgIpc) is 2.50. The first-order valence-corrected chi connectivity index (χ1v) is 8.62. The molecule has 2 unspecified atom stereocenters. The van der Waals surface area contributed by atoms with Crippen LogP contribution in [0.1, 0.15) is 56.8 Å². The van der Waals surface area contributed by atoms with Crippen molar-refractivity contribution in [1.29, 1.82) is 0 Å². The molecule has 0 radical (unpaired) electrons. The van der Waals surface area contributed by atoms with Gasteiger partial charge in [0.1, 0.15) is 5.75 Å². The van der Waals surface area contributed by atoms with Gasteiger partial charge in [0, 0.05) is 18.7 Å². The number of hydrogen-bond acceptors (Lipinski definition) is 2. The molecule has 0 N–H and O–H groups in total. The first-order chi connectivity index (χ1) is 10.6. The van der Waals surface area contributed by atoms with Gasteiger partial charge in [-0.2, -0.15) is 0 Å². The van der Waals surface area contributed by atoms with E-state index in [1.54, 1.807) is 0 Å². The van der Waals surface area contributed by atoms with Gasteiger partial charge in [-0.15, -0.1) is 0 Å². The molecule has 1 aliphatic heterocycles. The number of hydrogen-bond donors (Lipinski definition) is 0. The third-order valence-corrected chi connectivity index (χ3v) is 4.27. The molecule has 3 nitrogen and oxygen atoms in total. The standard InChI is InChI=1S/C19H29NO2/c1-4-5-6-11-22-18-9-7-17(8-10-18)19(21)20-13-15(2)12-16(3)14-20/h7-10,15-16H,4-6,11-14H2,1-3H3. The van der Waals surface area contributed by atoms with Gasteiger partial charge in [0.2, 0.25) is 0 Å². The predicted molar refractivity (Wildman–Crippen MR) is 90.3 cm³/mol. The van der Waals surface area contributed by atoms with Crippen molar-refractivity contribution in [2.45, 2.75) is 46.5 Å². The topological polar surface area (TPSA) is 29.5 Å². The quantitative estimate of drug-likeness (QED) is 0.730. The zero-order valence-corrected chi connectivity index (χ0v) is 14.2. The van der Waals surface area contributed by atoms with Crippen LogP contribution in [0.4, 0.5) is 0 Å². The van der Waals surface area contributed by atoms with Gasteiger partial charge >= 0.3 is 0 Å². The highest BCUT2D eigenvalue weighted by atomic mass is 16.5. The van der Waals surface area contributed by atoms with Crippen LogP contribution in [0, 0.1) is 11.8 Å². The number of piperidine rings is 1. The van der Waals surface area contributed by atoms with Gasteiger partial charge in [-0.3, -0.25) is 4.79 Å². The van der Waals surface area contributed by atoms with Gasteiger partial charge in [-0.05, 0) is 48.9 Å². The summed E-state index contributed by atoms with van der Waals surface area (Å²) in [4.78, 5) is 14.6. The first kappa shape index (κ1) is 16.9. The maximum Gasteiger partial charge on any atom is 0.253 e. The Bertz CT molecular complexity index is 459. The highest BCUT2D eigenvalue weighted by Crippen LogP contribution is 2.23. The second kappa shape index (κ2) is 8.21. The highest BCUT2D eigenvalue weighted by Gasteiger charge is 2.25. The van der Waals surface area contributed by atoms with Crippen molar-refractivity contribution >= 4 is 5.91 Å². The Kier molecular flexibility index (Phi) is 6.29. The molecule has 1 fully saturated rings. The fourth-order valence-electron chi connectivity index (χ4n) is 3.25. The molecule has 1 amide bonds. The lowest BCUT2D eigenvalue weighted by Crippen LogP contribution is -2.42. The number of ether oxygens (including phenoxy) is 1. The number of nitrogens with zero attached hydrogens (tertiary/aromatic N) is 1. The minimum atomic E-state index is 0.149. The summed E-state index contributed by atoms with van der Waals surface area (Å²) in [5.41, 5.74) is 0.766. The Morgan fingerprint density at radius 2 is 1.77 bits per heavy atom. The molecule has 3 heteroatoms. The summed E-state index contributed by atoms with van der Waals surface area (Å²) in [6, 6.07) is 7.61. The van der Waals surface area contributed by atoms with E-state index in [0.717, 1.165) is 37.4 Å². The highest BCUT2D eigenvalue weighted by molar-refractivity contribution is 5.94. The lowest BCUT2D eigenvalue weighted by molar-refractivity contribution is 0.0623. The maximum absolute atomic E-state index is 12.6. The third-order valence-electron chi connectivity index (χ3n) is 4.27. The molecule has 0 aliphatic carbocycles.